The Morgan fingerprint density at radius 2 is 2.12 bits per heavy atom. The lowest BCUT2D eigenvalue weighted by Crippen LogP contribution is -1.95. The van der Waals surface area contributed by atoms with Gasteiger partial charge in [-0.15, -0.1) is 0 Å². The Labute approximate surface area is 108 Å². The Morgan fingerprint density at radius 3 is 2.82 bits per heavy atom. The minimum absolute atomic E-state index is 0.102. The van der Waals surface area contributed by atoms with Gasteiger partial charge in [-0.25, -0.2) is 15.0 Å². The fraction of sp³-hybridized carbons (Fsp3) is 0. The second-order valence-electron chi connectivity index (χ2n) is 2.97. The van der Waals surface area contributed by atoms with E-state index >= 15 is 0 Å². The van der Waals surface area contributed by atoms with Gasteiger partial charge < -0.3 is 0 Å². The van der Waals surface area contributed by atoms with E-state index in [-0.39, 0.29) is 10.4 Å². The van der Waals surface area contributed by atoms with Gasteiger partial charge in [0.05, 0.1) is 11.8 Å². The summed E-state index contributed by atoms with van der Waals surface area (Å²) in [5.41, 5.74) is 3.32. The van der Waals surface area contributed by atoms with Crippen LogP contribution >= 0.6 is 23.2 Å². The molecule has 7 heteroatoms. The zero-order valence-corrected chi connectivity index (χ0v) is 10.0. The molecule has 1 N–H and O–H groups in total. The van der Waals surface area contributed by atoms with Crippen molar-refractivity contribution in [2.75, 3.05) is 5.43 Å². The lowest BCUT2D eigenvalue weighted by Gasteiger charge is -1.98. The molecule has 0 spiro atoms. The first-order valence-electron chi connectivity index (χ1n) is 4.64. The van der Waals surface area contributed by atoms with E-state index in [0.29, 0.717) is 11.4 Å². The molecule has 0 aromatic carbocycles. The van der Waals surface area contributed by atoms with Crippen molar-refractivity contribution in [2.24, 2.45) is 5.10 Å². The molecule has 0 bridgehead atoms. The van der Waals surface area contributed by atoms with Gasteiger partial charge in [0.2, 0.25) is 5.28 Å². The number of hydrazone groups is 1. The number of anilines is 1. The average Bonchev–Trinajstić information content (AvgIpc) is 2.33. The van der Waals surface area contributed by atoms with Gasteiger partial charge in [-0.3, -0.25) is 5.43 Å². The highest BCUT2D eigenvalue weighted by atomic mass is 35.5. The fourth-order valence-electron chi connectivity index (χ4n) is 1.03. The molecule has 0 saturated heterocycles. The van der Waals surface area contributed by atoms with Crippen LogP contribution in [0.2, 0.25) is 10.4 Å². The predicted molar refractivity (Wildman–Crippen MR) is 67.5 cm³/mol. The van der Waals surface area contributed by atoms with Crippen LogP contribution in [-0.4, -0.2) is 21.2 Å². The van der Waals surface area contributed by atoms with Crippen LogP contribution in [0.1, 0.15) is 5.56 Å². The quantitative estimate of drug-likeness (QED) is 0.402. The van der Waals surface area contributed by atoms with Crippen molar-refractivity contribution < 1.29 is 0 Å². The lowest BCUT2D eigenvalue weighted by atomic mass is 10.4. The summed E-state index contributed by atoms with van der Waals surface area (Å²) in [4.78, 5) is 11.6. The lowest BCUT2D eigenvalue weighted by molar-refractivity contribution is 1.16. The molecule has 0 aliphatic heterocycles. The van der Waals surface area contributed by atoms with E-state index in [9.17, 15) is 0 Å². The summed E-state index contributed by atoms with van der Waals surface area (Å²) >= 11 is 11.4. The number of hydrogen-bond acceptors (Lipinski definition) is 5. The molecule has 0 amide bonds. The number of nitrogens with zero attached hydrogens (tertiary/aromatic N) is 4. The van der Waals surface area contributed by atoms with Gasteiger partial charge in [0.1, 0.15) is 11.0 Å². The number of halogens is 2. The minimum Gasteiger partial charge on any atom is -0.261 e. The molecular weight excluding hydrogens is 261 g/mol. The number of rotatable bonds is 3. The van der Waals surface area contributed by atoms with Gasteiger partial charge in [0.25, 0.3) is 0 Å². The minimum atomic E-state index is 0.102. The normalized spacial score (nSPS) is 10.7. The van der Waals surface area contributed by atoms with Crippen LogP contribution in [0.15, 0.2) is 35.7 Å². The molecule has 0 unspecified atom stereocenters. The van der Waals surface area contributed by atoms with Crippen LogP contribution in [0.5, 0.6) is 0 Å². The Balaban J connectivity index is 2.06. The molecule has 0 atom stereocenters. The first-order chi connectivity index (χ1) is 8.25. The van der Waals surface area contributed by atoms with Crippen molar-refractivity contribution in [1.29, 1.82) is 0 Å². The second kappa shape index (κ2) is 5.56. The average molecular weight is 268 g/mol. The van der Waals surface area contributed by atoms with Gasteiger partial charge in [0.15, 0.2) is 0 Å². The summed E-state index contributed by atoms with van der Waals surface area (Å²) in [7, 11) is 0. The van der Waals surface area contributed by atoms with Crippen LogP contribution in [0.25, 0.3) is 0 Å². The van der Waals surface area contributed by atoms with Crippen molar-refractivity contribution in [2.45, 2.75) is 0 Å². The number of nitrogens with one attached hydrogen (secondary N) is 1. The van der Waals surface area contributed by atoms with Crippen LogP contribution < -0.4 is 5.43 Å². The second-order valence-corrected chi connectivity index (χ2v) is 3.67. The Morgan fingerprint density at radius 1 is 1.24 bits per heavy atom. The topological polar surface area (TPSA) is 63.1 Å². The van der Waals surface area contributed by atoms with Crippen LogP contribution in [-0.2, 0) is 0 Å². The first kappa shape index (κ1) is 11.8. The molecule has 17 heavy (non-hydrogen) atoms. The van der Waals surface area contributed by atoms with Gasteiger partial charge in [-0.05, 0) is 23.7 Å². The molecule has 0 radical (unpaired) electrons. The molecule has 5 nitrogen and oxygen atoms in total. The van der Waals surface area contributed by atoms with E-state index in [4.69, 9.17) is 23.2 Å². The Bertz CT molecular complexity index is 529. The summed E-state index contributed by atoms with van der Waals surface area (Å²) in [6.45, 7) is 0. The van der Waals surface area contributed by atoms with E-state index in [1.165, 1.54) is 12.4 Å². The standard InChI is InChI=1S/C10H7Cl2N5/c11-9-7(5-14-10(12)16-9)6-15-17-8-3-1-2-4-13-8/h1-6H,(H,13,17)/b15-6-. The highest BCUT2D eigenvalue weighted by molar-refractivity contribution is 6.33. The maximum atomic E-state index is 5.84. The van der Waals surface area contributed by atoms with E-state index in [2.05, 4.69) is 25.5 Å². The maximum absolute atomic E-state index is 5.84. The third-order valence-corrected chi connectivity index (χ3v) is 2.27. The van der Waals surface area contributed by atoms with E-state index in [1.54, 1.807) is 12.3 Å². The van der Waals surface area contributed by atoms with E-state index < -0.39 is 0 Å². The molecule has 2 rings (SSSR count). The van der Waals surface area contributed by atoms with Crippen LogP contribution in [0, 0.1) is 0 Å². The molecule has 86 valence electrons. The molecule has 2 heterocycles. The highest BCUT2D eigenvalue weighted by Gasteiger charge is 2.00. The highest BCUT2D eigenvalue weighted by Crippen LogP contribution is 2.12. The molecule has 2 aromatic rings. The number of pyridine rings is 1. The van der Waals surface area contributed by atoms with Gasteiger partial charge in [0, 0.05) is 12.4 Å². The van der Waals surface area contributed by atoms with Crippen LogP contribution in [0.4, 0.5) is 5.82 Å². The van der Waals surface area contributed by atoms with Crippen molar-refractivity contribution in [3.63, 3.8) is 0 Å². The predicted octanol–water partition coefficient (Wildman–Crippen LogP) is 2.62. The third kappa shape index (κ3) is 3.37. The number of hydrogen-bond donors (Lipinski definition) is 1. The van der Waals surface area contributed by atoms with E-state index in [1.807, 2.05) is 12.1 Å². The largest absolute Gasteiger partial charge is 0.261 e. The summed E-state index contributed by atoms with van der Waals surface area (Å²) < 4.78 is 0. The summed E-state index contributed by atoms with van der Waals surface area (Å²) in [5, 5.41) is 4.31. The Kier molecular flexibility index (Phi) is 3.85. The summed E-state index contributed by atoms with van der Waals surface area (Å²) in [6.07, 6.45) is 4.64. The van der Waals surface area contributed by atoms with Crippen molar-refractivity contribution in [3.05, 3.63) is 46.6 Å². The molecule has 0 saturated carbocycles. The van der Waals surface area contributed by atoms with Gasteiger partial charge in [-0.1, -0.05) is 17.7 Å². The van der Waals surface area contributed by atoms with Crippen LogP contribution in [0.3, 0.4) is 0 Å². The van der Waals surface area contributed by atoms with E-state index in [0.717, 1.165) is 0 Å². The molecular formula is C10H7Cl2N5. The molecule has 0 fully saturated rings. The Hall–Kier alpha value is -1.72. The van der Waals surface area contributed by atoms with Gasteiger partial charge >= 0.3 is 0 Å². The molecule has 2 aromatic heterocycles. The first-order valence-corrected chi connectivity index (χ1v) is 5.39. The molecule has 0 aliphatic rings. The number of aromatic nitrogens is 3. The van der Waals surface area contributed by atoms with Crippen molar-refractivity contribution >= 4 is 35.2 Å². The zero-order valence-electron chi connectivity index (χ0n) is 8.51. The smallest absolute Gasteiger partial charge is 0.223 e. The fourth-order valence-corrected chi connectivity index (χ4v) is 1.39. The SMILES string of the molecule is Clc1ncc(/C=N\Nc2ccccn2)c(Cl)n1. The maximum Gasteiger partial charge on any atom is 0.223 e. The molecule has 0 aliphatic carbocycles. The monoisotopic (exact) mass is 267 g/mol. The zero-order chi connectivity index (χ0) is 12.1. The van der Waals surface area contributed by atoms with Crippen molar-refractivity contribution in [3.8, 4) is 0 Å². The van der Waals surface area contributed by atoms with Crippen molar-refractivity contribution in [1.82, 2.24) is 15.0 Å². The summed E-state index contributed by atoms with van der Waals surface area (Å²) in [5.74, 6) is 0.634. The summed E-state index contributed by atoms with van der Waals surface area (Å²) in [6, 6.07) is 5.46. The third-order valence-electron chi connectivity index (χ3n) is 1.79. The van der Waals surface area contributed by atoms with Gasteiger partial charge in [-0.2, -0.15) is 5.10 Å².